The second kappa shape index (κ2) is 30.4. The molecule has 0 aliphatic rings. The van der Waals surface area contributed by atoms with E-state index in [4.69, 9.17) is 26.3 Å². The molecule has 42 heavy (non-hydrogen) atoms. The number of hydrogen-bond acceptors (Lipinski definition) is 12. The minimum atomic E-state index is -0.833. The fourth-order valence-corrected chi connectivity index (χ4v) is 3.13. The molecule has 0 fully saturated rings. The second-order valence-corrected chi connectivity index (χ2v) is 8.76. The summed E-state index contributed by atoms with van der Waals surface area (Å²) in [6.07, 6.45) is 4.09. The monoisotopic (exact) mass is 600 g/mol. The fraction of sp³-hybridized carbons (Fsp3) is 0.714. The molecule has 0 rings (SSSR count). The van der Waals surface area contributed by atoms with Crippen molar-refractivity contribution in [1.29, 1.82) is 10.7 Å². The Morgan fingerprint density at radius 1 is 0.786 bits per heavy atom. The zero-order valence-corrected chi connectivity index (χ0v) is 26.4. The third-order valence-corrected chi connectivity index (χ3v) is 5.41. The number of Topliss-reactive ketones (excluding diaryl/α,β-unsaturated/α-hetero) is 3. The van der Waals surface area contributed by atoms with Crippen LogP contribution in [-0.2, 0) is 33.5 Å². The van der Waals surface area contributed by atoms with Gasteiger partial charge >= 0.3 is 5.97 Å². The van der Waals surface area contributed by atoms with Crippen molar-refractivity contribution in [3.05, 3.63) is 0 Å². The fourth-order valence-electron chi connectivity index (χ4n) is 3.13. The lowest BCUT2D eigenvalue weighted by atomic mass is 10.1. The van der Waals surface area contributed by atoms with Crippen molar-refractivity contribution in [1.82, 2.24) is 16.0 Å². The summed E-state index contributed by atoms with van der Waals surface area (Å²) in [5.74, 6) is -1.37. The normalized spacial score (nSPS) is 11.6. The van der Waals surface area contributed by atoms with Crippen LogP contribution in [-0.4, -0.2) is 85.5 Å². The van der Waals surface area contributed by atoms with Crippen LogP contribution in [0, 0.1) is 16.7 Å². The van der Waals surface area contributed by atoms with Gasteiger partial charge in [0.05, 0.1) is 24.2 Å². The van der Waals surface area contributed by atoms with Gasteiger partial charge in [0.2, 0.25) is 5.91 Å². The molecule has 14 heteroatoms. The minimum absolute atomic E-state index is 0.0911. The van der Waals surface area contributed by atoms with Crippen LogP contribution in [0.5, 0.6) is 0 Å². The number of carboxylic acids is 1. The maximum Gasteiger partial charge on any atom is 0.309 e. The number of carboxylic acid groups (broad SMARTS) is 1. The number of primary amides is 1. The summed E-state index contributed by atoms with van der Waals surface area (Å²) in [5.41, 5.74) is 4.96. The molecule has 0 saturated heterocycles. The Hall–Kier alpha value is -3.54. The van der Waals surface area contributed by atoms with Gasteiger partial charge in [0, 0.05) is 52.4 Å². The van der Waals surface area contributed by atoms with Gasteiger partial charge in [0.25, 0.3) is 5.97 Å². The highest BCUT2D eigenvalue weighted by molar-refractivity contribution is 5.87. The molecule has 0 aliphatic heterocycles. The molecule has 0 saturated carbocycles. The molecule has 0 aromatic heterocycles. The van der Waals surface area contributed by atoms with E-state index < -0.39 is 11.9 Å². The maximum atomic E-state index is 11.3. The van der Waals surface area contributed by atoms with Gasteiger partial charge in [0.15, 0.2) is 5.90 Å². The number of nitrogens with one attached hydrogen (secondary N) is 4. The number of carbonyl (C=O) groups is 6. The molecule has 242 valence electrons. The predicted molar refractivity (Wildman–Crippen MR) is 160 cm³/mol. The average molecular weight is 601 g/mol. The molecule has 0 radical (unpaired) electrons. The number of aliphatic carboxylic acids is 1. The van der Waals surface area contributed by atoms with Crippen molar-refractivity contribution in [2.75, 3.05) is 21.1 Å². The Labute approximate surface area is 250 Å². The highest BCUT2D eigenvalue weighted by atomic mass is 16.5. The quantitative estimate of drug-likeness (QED) is 0.0793. The molecule has 3 atom stereocenters. The lowest BCUT2D eigenvalue weighted by molar-refractivity contribution is -0.135. The zero-order chi connectivity index (χ0) is 33.7. The Morgan fingerprint density at radius 3 is 1.38 bits per heavy atom. The highest BCUT2D eigenvalue weighted by Crippen LogP contribution is 2.03. The molecule has 0 heterocycles. The SMILES string of the molecule is CC(=O)O.CCC(=O)C(CCC#N)NC.CCC(=O)C(CCC(=N)OC(C)=O)NC.CCC(=O)C(CCC(N)=O)NC. The lowest BCUT2D eigenvalue weighted by Crippen LogP contribution is -2.34. The van der Waals surface area contributed by atoms with E-state index in [1.165, 1.54) is 6.92 Å². The summed E-state index contributed by atoms with van der Waals surface area (Å²) in [6, 6.07) is 1.42. The maximum absolute atomic E-state index is 11.3. The number of likely N-dealkylation sites (N-methyl/N-ethyl adjacent to an activating group) is 3. The first-order valence-corrected chi connectivity index (χ1v) is 13.8. The van der Waals surface area contributed by atoms with Crippen LogP contribution in [0.4, 0.5) is 0 Å². The van der Waals surface area contributed by atoms with E-state index in [2.05, 4.69) is 20.7 Å². The Balaban J connectivity index is -0.000000244. The molecule has 0 aromatic rings. The van der Waals surface area contributed by atoms with Crippen LogP contribution in [0.15, 0.2) is 0 Å². The molecule has 0 aromatic carbocycles. The van der Waals surface area contributed by atoms with E-state index in [1.54, 1.807) is 35.0 Å². The van der Waals surface area contributed by atoms with Crippen molar-refractivity contribution < 1.29 is 38.6 Å². The number of carbonyl (C=O) groups excluding carboxylic acids is 5. The summed E-state index contributed by atoms with van der Waals surface area (Å²) in [5, 5.41) is 31.6. The number of nitrogens with zero attached hydrogens (tertiary/aromatic N) is 1. The summed E-state index contributed by atoms with van der Waals surface area (Å²) in [7, 11) is 5.16. The van der Waals surface area contributed by atoms with Gasteiger partial charge in [-0.3, -0.25) is 34.2 Å². The van der Waals surface area contributed by atoms with Crippen LogP contribution in [0.25, 0.3) is 0 Å². The van der Waals surface area contributed by atoms with Crippen molar-refractivity contribution in [3.8, 4) is 6.07 Å². The van der Waals surface area contributed by atoms with Gasteiger partial charge < -0.3 is 31.5 Å². The average Bonchev–Trinajstić information content (AvgIpc) is 2.93. The molecule has 7 N–H and O–H groups in total. The van der Waals surface area contributed by atoms with E-state index in [1.807, 2.05) is 13.0 Å². The minimum Gasteiger partial charge on any atom is -0.481 e. The number of ether oxygens (including phenoxy) is 1. The zero-order valence-electron chi connectivity index (χ0n) is 26.4. The molecular formula is C28H52N6O8. The molecule has 0 spiro atoms. The van der Waals surface area contributed by atoms with Crippen LogP contribution in [0.3, 0.4) is 0 Å². The van der Waals surface area contributed by atoms with E-state index in [0.29, 0.717) is 44.9 Å². The van der Waals surface area contributed by atoms with Crippen LogP contribution >= 0.6 is 0 Å². The number of amides is 1. The number of rotatable bonds is 17. The molecule has 1 amide bonds. The Kier molecular flexibility index (Phi) is 32.9. The summed E-state index contributed by atoms with van der Waals surface area (Å²) in [6.45, 7) is 7.77. The first kappa shape index (κ1) is 45.4. The number of nitriles is 1. The third-order valence-electron chi connectivity index (χ3n) is 5.41. The van der Waals surface area contributed by atoms with Crippen molar-refractivity contribution >= 4 is 41.1 Å². The molecule has 0 bridgehead atoms. The smallest absolute Gasteiger partial charge is 0.309 e. The van der Waals surface area contributed by atoms with E-state index >= 15 is 0 Å². The molecule has 3 unspecified atom stereocenters. The van der Waals surface area contributed by atoms with Crippen molar-refractivity contribution in [2.45, 2.75) is 111 Å². The first-order chi connectivity index (χ1) is 19.6. The van der Waals surface area contributed by atoms with Crippen LogP contribution in [0.2, 0.25) is 0 Å². The van der Waals surface area contributed by atoms with Gasteiger partial charge in [-0.2, -0.15) is 5.26 Å². The standard InChI is InChI=1S/C10H18N2O3.C8H16N2O2.C8H14N2O.C2H4O2/c1-4-9(14)8(12-3)5-6-10(11)15-7(2)13;1-3-7(11)6(10-2)4-5-8(9)12;1-3-8(11)7(10-2)5-4-6-9;1-2(3)4/h8,11-12H,4-6H2,1-3H3;6,10H,3-5H2,1-2H3,(H2,9,12);7,10H,3-5H2,1-2H3;1H3,(H,3,4). The largest absolute Gasteiger partial charge is 0.481 e. The number of esters is 1. The third kappa shape index (κ3) is 31.0. The van der Waals surface area contributed by atoms with Crippen LogP contribution < -0.4 is 21.7 Å². The van der Waals surface area contributed by atoms with Gasteiger partial charge in [-0.25, -0.2) is 0 Å². The molecule has 14 nitrogen and oxygen atoms in total. The summed E-state index contributed by atoms with van der Waals surface area (Å²) in [4.78, 5) is 63.5. The molecular weight excluding hydrogens is 548 g/mol. The van der Waals surface area contributed by atoms with Gasteiger partial charge in [0.1, 0.15) is 17.3 Å². The van der Waals surface area contributed by atoms with Gasteiger partial charge in [-0.05, 0) is 40.4 Å². The van der Waals surface area contributed by atoms with E-state index in [0.717, 1.165) is 6.92 Å². The Morgan fingerprint density at radius 2 is 1.12 bits per heavy atom. The highest BCUT2D eigenvalue weighted by Gasteiger charge is 2.16. The van der Waals surface area contributed by atoms with Gasteiger partial charge in [-0.15, -0.1) is 0 Å². The number of ketones is 3. The second-order valence-electron chi connectivity index (χ2n) is 8.76. The Bertz CT molecular complexity index is 869. The van der Waals surface area contributed by atoms with Crippen molar-refractivity contribution in [2.24, 2.45) is 5.73 Å². The van der Waals surface area contributed by atoms with E-state index in [9.17, 15) is 24.0 Å². The van der Waals surface area contributed by atoms with Crippen molar-refractivity contribution in [3.63, 3.8) is 0 Å². The van der Waals surface area contributed by atoms with Crippen LogP contribution in [0.1, 0.15) is 92.4 Å². The summed E-state index contributed by atoms with van der Waals surface area (Å²) < 4.78 is 4.56. The summed E-state index contributed by atoms with van der Waals surface area (Å²) >= 11 is 0. The first-order valence-electron chi connectivity index (χ1n) is 13.8. The predicted octanol–water partition coefficient (Wildman–Crippen LogP) is 1.64. The topological polar surface area (TPSA) is 242 Å². The number of hydrogen-bond donors (Lipinski definition) is 6. The van der Waals surface area contributed by atoms with E-state index in [-0.39, 0.29) is 60.1 Å². The van der Waals surface area contributed by atoms with Gasteiger partial charge in [-0.1, -0.05) is 20.8 Å². The number of nitrogens with two attached hydrogens (primary N) is 1. The molecule has 0 aliphatic carbocycles. The lowest BCUT2D eigenvalue weighted by Gasteiger charge is -2.13.